The number of ether oxygens (including phenoxy) is 3. The quantitative estimate of drug-likeness (QED) is 0.179. The molecule has 47 heavy (non-hydrogen) atoms. The fourth-order valence-corrected chi connectivity index (χ4v) is 5.25. The summed E-state index contributed by atoms with van der Waals surface area (Å²) in [6.07, 6.45) is -8.16. The lowest BCUT2D eigenvalue weighted by atomic mass is 10.0. The number of nitrogens with zero attached hydrogens (tertiary/aromatic N) is 5. The molecule has 15 nitrogen and oxygen atoms in total. The number of sulfonamides is 1. The molecule has 0 bridgehead atoms. The van der Waals surface area contributed by atoms with Gasteiger partial charge in [-0.05, 0) is 51.1 Å². The summed E-state index contributed by atoms with van der Waals surface area (Å²) in [6, 6.07) is 12.6. The highest BCUT2D eigenvalue weighted by Gasteiger charge is 2.37. The zero-order valence-corrected chi connectivity index (χ0v) is 26.3. The third-order valence-corrected chi connectivity index (χ3v) is 8.01. The number of benzene rings is 2. The van der Waals surface area contributed by atoms with Gasteiger partial charge in [0.15, 0.2) is 5.69 Å². The molecule has 254 valence electrons. The molecule has 1 unspecified atom stereocenters. The van der Waals surface area contributed by atoms with E-state index in [0.29, 0.717) is 18.7 Å². The van der Waals surface area contributed by atoms with Crippen molar-refractivity contribution in [3.05, 3.63) is 65.9 Å². The van der Waals surface area contributed by atoms with Gasteiger partial charge in [-0.2, -0.15) is 22.9 Å². The van der Waals surface area contributed by atoms with Crippen LogP contribution in [0.4, 0.5) is 22.8 Å². The van der Waals surface area contributed by atoms with Crippen molar-refractivity contribution in [1.82, 2.24) is 24.5 Å². The molecule has 1 saturated heterocycles. The van der Waals surface area contributed by atoms with E-state index in [2.05, 4.69) is 5.10 Å². The Balaban J connectivity index is 1.12. The number of amides is 1. The van der Waals surface area contributed by atoms with Crippen molar-refractivity contribution in [3.63, 3.8) is 0 Å². The average Bonchev–Trinajstić information content (AvgIpc) is 3.52. The van der Waals surface area contributed by atoms with Crippen LogP contribution in [0.15, 0.2) is 64.1 Å². The van der Waals surface area contributed by atoms with Gasteiger partial charge < -0.3 is 19.0 Å². The van der Waals surface area contributed by atoms with E-state index in [4.69, 9.17) is 23.7 Å². The highest BCUT2D eigenvalue weighted by molar-refractivity contribution is 7.90. The summed E-state index contributed by atoms with van der Waals surface area (Å²) >= 11 is 0. The highest BCUT2D eigenvalue weighted by Crippen LogP contribution is 2.33. The minimum Gasteiger partial charge on any atom is -0.448 e. The molecule has 1 fully saturated rings. The number of aromatic nitrogens is 4. The number of carbonyl (C=O) groups excluding carboxylic acids is 2. The minimum absolute atomic E-state index is 0.103. The molecule has 5 rings (SSSR count). The first-order valence-electron chi connectivity index (χ1n) is 14.2. The van der Waals surface area contributed by atoms with Crippen molar-refractivity contribution < 1.29 is 54.9 Å². The van der Waals surface area contributed by atoms with Gasteiger partial charge >= 0.3 is 18.4 Å². The molecule has 1 aliphatic rings. The molecule has 4 aromatic rings. The first kappa shape index (κ1) is 33.3. The fraction of sp³-hybridized carbons (Fsp3) is 0.393. The Labute approximate surface area is 266 Å². The van der Waals surface area contributed by atoms with Crippen LogP contribution in [0.5, 0.6) is 0 Å². The molecule has 3 heterocycles. The maximum absolute atomic E-state index is 13.5. The lowest BCUT2D eigenvalue weighted by Gasteiger charge is -2.35. The number of aryl methyl sites for hydroxylation is 1. The van der Waals surface area contributed by atoms with E-state index in [0.717, 1.165) is 33.5 Å². The Morgan fingerprint density at radius 3 is 2.32 bits per heavy atom. The SMILES string of the molecule is Cc1ccc(-c2cc(C(F)(F)F)nn2-c2ccc(S(=O)(=O)NC(=O)OCC3CN(n4on4OC(C)OC(=O)OC(C)C)C3)cc2)cc1. The van der Waals surface area contributed by atoms with Gasteiger partial charge in [0, 0.05) is 36.5 Å². The average molecular weight is 685 g/mol. The standard InChI is InChI=1S/C28H31F3N6O9S/c1-17(2)43-27(39)44-19(4)45-37-36(46-37)34-14-20(15-34)16-42-26(38)33-47(40,41)23-11-9-22(10-12-23)35-24(13-25(32-35)28(29,30)31)21-7-5-18(3)6-8-21/h5-13,17,19-20H,14-16H2,1-4H3,(H,33,38). The van der Waals surface area contributed by atoms with E-state index in [9.17, 15) is 31.2 Å². The molecule has 0 aliphatic carbocycles. The lowest BCUT2D eigenvalue weighted by Crippen LogP contribution is -2.54. The molecule has 2 aromatic heterocycles. The molecule has 0 spiro atoms. The second kappa shape index (κ2) is 13.0. The van der Waals surface area contributed by atoms with Gasteiger partial charge in [0.25, 0.3) is 16.3 Å². The second-order valence-corrected chi connectivity index (χ2v) is 12.6. The first-order valence-corrected chi connectivity index (χ1v) is 15.7. The number of halogens is 3. The van der Waals surface area contributed by atoms with E-state index in [1.54, 1.807) is 43.1 Å². The number of nitrogens with one attached hydrogen (secondary N) is 1. The summed E-state index contributed by atoms with van der Waals surface area (Å²) in [5, 5.41) is 6.35. The number of hydrogen-bond donors (Lipinski definition) is 1. The van der Waals surface area contributed by atoms with Gasteiger partial charge in [-0.1, -0.05) is 29.8 Å². The van der Waals surface area contributed by atoms with E-state index in [1.807, 2.05) is 11.6 Å². The Morgan fingerprint density at radius 1 is 1.04 bits per heavy atom. The molecule has 1 N–H and O–H groups in total. The summed E-state index contributed by atoms with van der Waals surface area (Å²) in [5.74, 6) is -0.151. The van der Waals surface area contributed by atoms with Gasteiger partial charge in [-0.3, -0.25) is 5.01 Å². The molecular weight excluding hydrogens is 653 g/mol. The number of alkyl halides is 3. The van der Waals surface area contributed by atoms with Gasteiger partial charge in [0.2, 0.25) is 0 Å². The third-order valence-electron chi connectivity index (χ3n) is 6.68. The monoisotopic (exact) mass is 684 g/mol. The number of rotatable bonds is 11. The van der Waals surface area contributed by atoms with Crippen LogP contribution >= 0.6 is 0 Å². The van der Waals surface area contributed by atoms with Crippen LogP contribution in [0.3, 0.4) is 0 Å². The summed E-state index contributed by atoms with van der Waals surface area (Å²) in [6.45, 7) is 7.29. The third kappa shape index (κ3) is 8.21. The summed E-state index contributed by atoms with van der Waals surface area (Å²) in [7, 11) is -4.37. The van der Waals surface area contributed by atoms with Gasteiger partial charge in [-0.15, -0.1) is 0 Å². The molecule has 0 saturated carbocycles. The van der Waals surface area contributed by atoms with E-state index in [1.165, 1.54) is 24.0 Å². The first-order chi connectivity index (χ1) is 22.1. The van der Waals surface area contributed by atoms with Crippen LogP contribution < -0.4 is 14.6 Å². The fourth-order valence-electron chi connectivity index (χ4n) is 4.36. The Bertz CT molecular complexity index is 1800. The van der Waals surface area contributed by atoms with Crippen LogP contribution in [0.1, 0.15) is 32.0 Å². The van der Waals surface area contributed by atoms with Crippen molar-refractivity contribution in [2.24, 2.45) is 5.92 Å². The van der Waals surface area contributed by atoms with Crippen molar-refractivity contribution in [1.29, 1.82) is 0 Å². The Kier molecular flexibility index (Phi) is 9.19. The van der Waals surface area contributed by atoms with Gasteiger partial charge in [0.1, 0.15) is 5.02 Å². The van der Waals surface area contributed by atoms with Crippen molar-refractivity contribution >= 4 is 22.3 Å². The number of carbonyl (C=O) groups is 2. The maximum Gasteiger partial charge on any atom is 0.511 e. The lowest BCUT2D eigenvalue weighted by molar-refractivity contribution is -0.141. The van der Waals surface area contributed by atoms with E-state index >= 15 is 0 Å². The maximum atomic E-state index is 13.5. The molecular formula is C28H31F3N6O9S. The molecule has 2 aromatic carbocycles. The second-order valence-electron chi connectivity index (χ2n) is 10.9. The molecule has 1 atom stereocenters. The van der Waals surface area contributed by atoms with Gasteiger partial charge in [0.05, 0.1) is 29.0 Å². The topological polar surface area (TPSA) is 161 Å². The van der Waals surface area contributed by atoms with E-state index < -0.39 is 40.4 Å². The van der Waals surface area contributed by atoms with Crippen molar-refractivity contribution in [2.75, 3.05) is 24.7 Å². The van der Waals surface area contributed by atoms with Gasteiger partial charge in [-0.25, -0.2) is 27.4 Å². The van der Waals surface area contributed by atoms with Crippen LogP contribution in [0.2, 0.25) is 0 Å². The largest absolute Gasteiger partial charge is 0.511 e. The normalized spacial score (nSPS) is 14.5. The molecule has 19 heteroatoms. The number of hydrogen-bond acceptors (Lipinski definition) is 11. The zero-order valence-electron chi connectivity index (χ0n) is 25.5. The highest BCUT2D eigenvalue weighted by atomic mass is 32.2. The Hall–Kier alpha value is -5.07. The predicted octanol–water partition coefficient (Wildman–Crippen LogP) is 4.08. The van der Waals surface area contributed by atoms with Crippen LogP contribution in [-0.2, 0) is 30.4 Å². The smallest absolute Gasteiger partial charge is 0.448 e. The predicted molar refractivity (Wildman–Crippen MR) is 155 cm³/mol. The van der Waals surface area contributed by atoms with Crippen LogP contribution in [0.25, 0.3) is 16.9 Å². The van der Waals surface area contributed by atoms with E-state index in [-0.39, 0.29) is 34.9 Å². The molecule has 1 amide bonds. The summed E-state index contributed by atoms with van der Waals surface area (Å²) in [4.78, 5) is 30.0. The molecule has 0 radical (unpaired) electrons. The van der Waals surface area contributed by atoms with Crippen LogP contribution in [-0.4, -0.2) is 72.5 Å². The zero-order chi connectivity index (χ0) is 34.1. The van der Waals surface area contributed by atoms with Crippen LogP contribution in [0, 0.1) is 12.8 Å². The summed E-state index contributed by atoms with van der Waals surface area (Å²) in [5.41, 5.74) is 0.608. The van der Waals surface area contributed by atoms with Crippen molar-refractivity contribution in [2.45, 2.75) is 51.2 Å². The summed E-state index contributed by atoms with van der Waals surface area (Å²) < 4.78 is 88.9. The minimum atomic E-state index is -4.70. The van der Waals surface area contributed by atoms with Crippen molar-refractivity contribution in [3.8, 4) is 16.9 Å². The Morgan fingerprint density at radius 2 is 1.70 bits per heavy atom. The molecule has 1 aliphatic heterocycles.